The normalized spacial score (nSPS) is 16.8. The van der Waals surface area contributed by atoms with Crippen molar-refractivity contribution in [3.63, 3.8) is 0 Å². The van der Waals surface area contributed by atoms with E-state index in [1.807, 2.05) is 49.4 Å². The largest absolute Gasteiger partial charge is 0.462 e. The van der Waals surface area contributed by atoms with Crippen LogP contribution in [0.4, 0.5) is 5.00 Å². The van der Waals surface area contributed by atoms with Gasteiger partial charge in [-0.05, 0) is 62.3 Å². The highest BCUT2D eigenvalue weighted by Crippen LogP contribution is 2.43. The number of hydrogen-bond acceptors (Lipinski definition) is 8. The summed E-state index contributed by atoms with van der Waals surface area (Å²) in [5, 5.41) is 4.14. The predicted molar refractivity (Wildman–Crippen MR) is 176 cm³/mol. The number of nitrogens with zero attached hydrogens (tertiary/aromatic N) is 2. The fourth-order valence-corrected chi connectivity index (χ4v) is 7.87. The van der Waals surface area contributed by atoms with Gasteiger partial charge in [0.2, 0.25) is 0 Å². The van der Waals surface area contributed by atoms with Gasteiger partial charge in [0, 0.05) is 41.0 Å². The molecule has 1 aliphatic carbocycles. The van der Waals surface area contributed by atoms with E-state index < -0.39 is 23.9 Å². The third-order valence-corrected chi connectivity index (χ3v) is 10.1. The summed E-state index contributed by atoms with van der Waals surface area (Å²) >= 11 is 1.42. The molecule has 2 unspecified atom stereocenters. The number of thiophene rings is 1. The van der Waals surface area contributed by atoms with E-state index in [-0.39, 0.29) is 13.0 Å². The zero-order valence-corrected chi connectivity index (χ0v) is 26.9. The van der Waals surface area contributed by atoms with Gasteiger partial charge in [-0.1, -0.05) is 62.4 Å². The number of rotatable bonds is 9. The molecule has 9 heteroatoms. The predicted octanol–water partition coefficient (Wildman–Crippen LogP) is 6.70. The maximum atomic E-state index is 13.9. The average Bonchev–Trinajstić information content (AvgIpc) is 3.43. The summed E-state index contributed by atoms with van der Waals surface area (Å²) in [6, 6.07) is 18.0. The van der Waals surface area contributed by atoms with Gasteiger partial charge in [0.15, 0.2) is 6.10 Å². The summed E-state index contributed by atoms with van der Waals surface area (Å²) in [4.78, 5) is 49.1. The summed E-state index contributed by atoms with van der Waals surface area (Å²) in [5.41, 5.74) is 5.62. The highest BCUT2D eigenvalue weighted by atomic mass is 32.1. The topological polar surface area (TPSA) is 97.8 Å². The zero-order chi connectivity index (χ0) is 31.5. The molecule has 1 amide bonds. The molecule has 234 valence electrons. The monoisotopic (exact) mass is 625 g/mol. The van der Waals surface area contributed by atoms with Crippen molar-refractivity contribution in [2.75, 3.05) is 25.0 Å². The first-order chi connectivity index (χ1) is 21.9. The van der Waals surface area contributed by atoms with Crippen molar-refractivity contribution in [2.24, 2.45) is 0 Å². The Morgan fingerprint density at radius 3 is 2.51 bits per heavy atom. The number of hydrogen-bond donors (Lipinski definition) is 1. The first-order valence-corrected chi connectivity index (χ1v) is 16.7. The molecule has 2 aliphatic rings. The third kappa shape index (κ3) is 6.24. The molecule has 0 saturated heterocycles. The van der Waals surface area contributed by atoms with Crippen molar-refractivity contribution in [3.05, 3.63) is 93.0 Å². The smallest absolute Gasteiger partial charge is 0.341 e. The van der Waals surface area contributed by atoms with Crippen LogP contribution >= 0.6 is 11.3 Å². The van der Waals surface area contributed by atoms with E-state index in [0.717, 1.165) is 71.4 Å². The number of nitrogens with one attached hydrogen (secondary N) is 1. The van der Waals surface area contributed by atoms with Crippen LogP contribution in [0.1, 0.15) is 87.5 Å². The molecule has 45 heavy (non-hydrogen) atoms. The Morgan fingerprint density at radius 1 is 0.978 bits per heavy atom. The lowest BCUT2D eigenvalue weighted by molar-refractivity contribution is -0.124. The molecule has 0 radical (unpaired) electrons. The molecule has 1 aliphatic heterocycles. The van der Waals surface area contributed by atoms with E-state index >= 15 is 0 Å². The summed E-state index contributed by atoms with van der Waals surface area (Å²) < 4.78 is 11.4. The summed E-state index contributed by atoms with van der Waals surface area (Å²) in [5.74, 6) is -1.10. The van der Waals surface area contributed by atoms with E-state index in [9.17, 15) is 14.4 Å². The fraction of sp³-hybridized carbons (Fsp3) is 0.389. The second-order valence-electron chi connectivity index (χ2n) is 11.6. The average molecular weight is 626 g/mol. The number of amides is 1. The van der Waals surface area contributed by atoms with Crippen molar-refractivity contribution >= 4 is 45.1 Å². The number of benzene rings is 2. The second-order valence-corrected chi connectivity index (χ2v) is 12.7. The van der Waals surface area contributed by atoms with Gasteiger partial charge in [-0.15, -0.1) is 11.3 Å². The lowest BCUT2D eigenvalue weighted by atomic mass is 9.83. The van der Waals surface area contributed by atoms with Crippen LogP contribution in [0.15, 0.2) is 54.6 Å². The van der Waals surface area contributed by atoms with Gasteiger partial charge in [-0.25, -0.2) is 9.59 Å². The Balaban J connectivity index is 1.27. The number of carbonyl (C=O) groups is 3. The maximum absolute atomic E-state index is 13.9. The Labute approximate surface area is 267 Å². The Hall–Kier alpha value is -4.08. The summed E-state index contributed by atoms with van der Waals surface area (Å²) in [6.07, 6.45) is 2.39. The van der Waals surface area contributed by atoms with Gasteiger partial charge in [0.05, 0.1) is 23.3 Å². The number of anilines is 1. The Morgan fingerprint density at radius 2 is 1.76 bits per heavy atom. The molecule has 0 fully saturated rings. The molecule has 0 spiro atoms. The van der Waals surface area contributed by atoms with Gasteiger partial charge in [-0.2, -0.15) is 0 Å². The van der Waals surface area contributed by atoms with Crippen LogP contribution in [0.5, 0.6) is 0 Å². The number of aromatic nitrogens is 1. The van der Waals surface area contributed by atoms with Gasteiger partial charge in [0.1, 0.15) is 5.00 Å². The van der Waals surface area contributed by atoms with E-state index in [1.165, 1.54) is 16.9 Å². The van der Waals surface area contributed by atoms with Crippen molar-refractivity contribution in [2.45, 2.75) is 71.4 Å². The SMILES string of the molecule is CCOC(=O)c1c(NC(=O)C(CC)OC(=O)c2c3c(nc4ccccc24)CCN(CC)C3)sc2c1CCC(c1ccccc1)C2. The quantitative estimate of drug-likeness (QED) is 0.207. The molecule has 6 rings (SSSR count). The molecule has 1 N–H and O–H groups in total. The molecule has 8 nitrogen and oxygen atoms in total. The summed E-state index contributed by atoms with van der Waals surface area (Å²) in [7, 11) is 0. The lowest BCUT2D eigenvalue weighted by Gasteiger charge is -2.29. The molecule has 0 bridgehead atoms. The van der Waals surface area contributed by atoms with Gasteiger partial charge in [-0.3, -0.25) is 14.7 Å². The van der Waals surface area contributed by atoms with Crippen molar-refractivity contribution in [1.29, 1.82) is 0 Å². The Bertz CT molecular complexity index is 1730. The van der Waals surface area contributed by atoms with Crippen LogP contribution in [0.2, 0.25) is 0 Å². The second kappa shape index (κ2) is 13.5. The molecule has 3 heterocycles. The number of pyridine rings is 1. The van der Waals surface area contributed by atoms with Gasteiger partial charge in [0.25, 0.3) is 5.91 Å². The van der Waals surface area contributed by atoms with Crippen molar-refractivity contribution < 1.29 is 23.9 Å². The number of esters is 2. The molecule has 2 aromatic heterocycles. The number of fused-ring (bicyclic) bond motifs is 3. The van der Waals surface area contributed by atoms with E-state index in [4.69, 9.17) is 14.5 Å². The van der Waals surface area contributed by atoms with Crippen LogP contribution in [0.25, 0.3) is 10.9 Å². The van der Waals surface area contributed by atoms with Crippen LogP contribution in [0, 0.1) is 0 Å². The fourth-order valence-electron chi connectivity index (χ4n) is 6.55. The number of carbonyl (C=O) groups excluding carboxylic acids is 3. The van der Waals surface area contributed by atoms with Crippen LogP contribution in [0.3, 0.4) is 0 Å². The van der Waals surface area contributed by atoms with Crippen molar-refractivity contribution in [3.8, 4) is 0 Å². The van der Waals surface area contributed by atoms with E-state index in [0.29, 0.717) is 28.6 Å². The molecule has 2 atom stereocenters. The molecule has 2 aromatic carbocycles. The highest BCUT2D eigenvalue weighted by molar-refractivity contribution is 7.17. The number of likely N-dealkylation sites (N-methyl/N-ethyl adjacent to an activating group) is 1. The first kappa shape index (κ1) is 30.9. The standard InChI is InChI=1S/C36H39N3O5S/c1-4-29(44-36(42)31-24-14-10-11-15-27(24)37-28-18-19-39(5-2)21-26(28)31)33(40)38-34-32(35(41)43-6-3)25-17-16-23(20-30(25)45-34)22-12-8-7-9-13-22/h7-15,23,29H,4-6,16-21H2,1-3H3,(H,38,40). The number of para-hydroxylation sites is 1. The van der Waals surface area contributed by atoms with Crippen LogP contribution < -0.4 is 5.32 Å². The minimum Gasteiger partial charge on any atom is -0.462 e. The van der Waals surface area contributed by atoms with Crippen LogP contribution in [-0.2, 0) is 40.1 Å². The minimum atomic E-state index is -1.04. The van der Waals surface area contributed by atoms with Gasteiger partial charge >= 0.3 is 11.9 Å². The van der Waals surface area contributed by atoms with E-state index in [2.05, 4.69) is 29.3 Å². The third-order valence-electron chi connectivity index (χ3n) is 8.94. The van der Waals surface area contributed by atoms with Crippen LogP contribution in [-0.4, -0.2) is 53.5 Å². The maximum Gasteiger partial charge on any atom is 0.341 e. The van der Waals surface area contributed by atoms with Crippen molar-refractivity contribution in [1.82, 2.24) is 9.88 Å². The molecular weight excluding hydrogens is 586 g/mol. The molecule has 0 saturated carbocycles. The molecule has 4 aromatic rings. The lowest BCUT2D eigenvalue weighted by Crippen LogP contribution is -2.35. The molecular formula is C36H39N3O5S. The highest BCUT2D eigenvalue weighted by Gasteiger charge is 2.33. The summed E-state index contributed by atoms with van der Waals surface area (Å²) in [6.45, 7) is 8.26. The van der Waals surface area contributed by atoms with Gasteiger partial charge < -0.3 is 14.8 Å². The zero-order valence-electron chi connectivity index (χ0n) is 26.1. The number of ether oxygens (including phenoxy) is 2. The Kier molecular flexibility index (Phi) is 9.28. The minimum absolute atomic E-state index is 0.234. The van der Waals surface area contributed by atoms with E-state index in [1.54, 1.807) is 6.92 Å². The first-order valence-electron chi connectivity index (χ1n) is 15.9.